The van der Waals surface area contributed by atoms with Crippen molar-refractivity contribution in [2.75, 3.05) is 13.2 Å². The summed E-state index contributed by atoms with van der Waals surface area (Å²) in [5.41, 5.74) is 0.521. The maximum absolute atomic E-state index is 12.5. The molecule has 1 saturated heterocycles. The number of aryl methyl sites for hydroxylation is 1. The van der Waals surface area contributed by atoms with Crippen molar-refractivity contribution >= 4 is 32.7 Å². The predicted molar refractivity (Wildman–Crippen MR) is 99.5 cm³/mol. The Hall–Kier alpha value is -1.73. The minimum absolute atomic E-state index is 0.0562. The van der Waals surface area contributed by atoms with Crippen LogP contribution in [0.2, 0.25) is 0 Å². The monoisotopic (exact) mass is 407 g/mol. The molecule has 0 radical (unpaired) electrons. The lowest BCUT2D eigenvalue weighted by Crippen LogP contribution is -2.41. The number of hydrogen-bond donors (Lipinski definition) is 1. The summed E-state index contributed by atoms with van der Waals surface area (Å²) < 4.78 is 7.79. The lowest BCUT2D eigenvalue weighted by atomic mass is 9.95. The molecule has 2 unspecified atom stereocenters. The standard InChI is InChI=1S/C18H22BrN3O3/c1-12(13-3-2-8-25-10-13)21-17(23)6-7-22-11-20-16-5-4-14(19)9-15(16)18(22)24/h4-5,9,11-13H,2-3,6-8,10H2,1H3,(H,21,23). The zero-order valence-electron chi connectivity index (χ0n) is 14.2. The highest BCUT2D eigenvalue weighted by molar-refractivity contribution is 9.10. The summed E-state index contributed by atoms with van der Waals surface area (Å²) in [5, 5.41) is 3.57. The fourth-order valence-corrected chi connectivity index (χ4v) is 3.48. The summed E-state index contributed by atoms with van der Waals surface area (Å²) >= 11 is 3.37. The molecule has 2 heterocycles. The molecule has 7 heteroatoms. The molecule has 25 heavy (non-hydrogen) atoms. The van der Waals surface area contributed by atoms with Gasteiger partial charge in [-0.25, -0.2) is 4.98 Å². The predicted octanol–water partition coefficient (Wildman–Crippen LogP) is 2.48. The van der Waals surface area contributed by atoms with Crippen molar-refractivity contribution in [2.45, 2.75) is 38.8 Å². The maximum Gasteiger partial charge on any atom is 0.261 e. The summed E-state index contributed by atoms with van der Waals surface area (Å²) in [6.45, 7) is 3.84. The first-order chi connectivity index (χ1) is 12.0. The van der Waals surface area contributed by atoms with E-state index >= 15 is 0 Å². The van der Waals surface area contributed by atoms with E-state index in [1.165, 1.54) is 10.9 Å². The second-order valence-electron chi connectivity index (χ2n) is 6.49. The molecule has 0 aliphatic carbocycles. The SMILES string of the molecule is CC(NC(=O)CCn1cnc2ccc(Br)cc2c1=O)C1CCCOC1. The average molecular weight is 408 g/mol. The van der Waals surface area contributed by atoms with Crippen molar-refractivity contribution in [3.05, 3.63) is 39.4 Å². The van der Waals surface area contributed by atoms with E-state index in [2.05, 4.69) is 26.2 Å². The maximum atomic E-state index is 12.5. The van der Waals surface area contributed by atoms with Gasteiger partial charge in [0.1, 0.15) is 0 Å². The van der Waals surface area contributed by atoms with Gasteiger partial charge in [-0.05, 0) is 38.0 Å². The number of ether oxygens (including phenoxy) is 1. The smallest absolute Gasteiger partial charge is 0.261 e. The minimum atomic E-state index is -0.132. The van der Waals surface area contributed by atoms with Crippen molar-refractivity contribution in [3.63, 3.8) is 0 Å². The topological polar surface area (TPSA) is 73.2 Å². The highest BCUT2D eigenvalue weighted by atomic mass is 79.9. The molecule has 1 fully saturated rings. The highest BCUT2D eigenvalue weighted by Gasteiger charge is 2.21. The van der Waals surface area contributed by atoms with Gasteiger partial charge in [-0.15, -0.1) is 0 Å². The van der Waals surface area contributed by atoms with E-state index in [1.54, 1.807) is 12.1 Å². The van der Waals surface area contributed by atoms with Crippen LogP contribution in [0.5, 0.6) is 0 Å². The fraction of sp³-hybridized carbons (Fsp3) is 0.500. The van der Waals surface area contributed by atoms with Gasteiger partial charge in [0.15, 0.2) is 0 Å². The van der Waals surface area contributed by atoms with Crippen LogP contribution in [0.4, 0.5) is 0 Å². The second-order valence-corrected chi connectivity index (χ2v) is 7.40. The first-order valence-electron chi connectivity index (χ1n) is 8.56. The molecular weight excluding hydrogens is 386 g/mol. The quantitative estimate of drug-likeness (QED) is 0.825. The molecule has 134 valence electrons. The number of rotatable bonds is 5. The molecule has 2 aromatic rings. The van der Waals surface area contributed by atoms with E-state index < -0.39 is 0 Å². The number of fused-ring (bicyclic) bond motifs is 1. The number of amides is 1. The summed E-state index contributed by atoms with van der Waals surface area (Å²) in [4.78, 5) is 29.0. The van der Waals surface area contributed by atoms with E-state index in [0.717, 1.165) is 23.9 Å². The first kappa shape index (κ1) is 18.1. The van der Waals surface area contributed by atoms with E-state index in [1.807, 2.05) is 13.0 Å². The van der Waals surface area contributed by atoms with Crippen LogP contribution >= 0.6 is 15.9 Å². The molecule has 1 aliphatic heterocycles. The molecule has 2 atom stereocenters. The molecular formula is C18H22BrN3O3. The minimum Gasteiger partial charge on any atom is -0.381 e. The Morgan fingerprint density at radius 2 is 2.36 bits per heavy atom. The lowest BCUT2D eigenvalue weighted by Gasteiger charge is -2.28. The van der Waals surface area contributed by atoms with E-state index in [4.69, 9.17) is 4.74 Å². The molecule has 1 N–H and O–H groups in total. The molecule has 0 spiro atoms. The van der Waals surface area contributed by atoms with E-state index in [0.29, 0.717) is 30.0 Å². The Balaban J connectivity index is 1.61. The van der Waals surface area contributed by atoms with Crippen LogP contribution in [0.3, 0.4) is 0 Å². The third-order valence-electron chi connectivity index (χ3n) is 4.66. The van der Waals surface area contributed by atoms with Crippen molar-refractivity contribution in [3.8, 4) is 0 Å². The van der Waals surface area contributed by atoms with Crippen molar-refractivity contribution in [2.24, 2.45) is 5.92 Å². The molecule has 1 aromatic carbocycles. The van der Waals surface area contributed by atoms with Crippen LogP contribution in [0.1, 0.15) is 26.2 Å². The second kappa shape index (κ2) is 8.10. The number of benzene rings is 1. The van der Waals surface area contributed by atoms with E-state index in [9.17, 15) is 9.59 Å². The third-order valence-corrected chi connectivity index (χ3v) is 5.15. The van der Waals surface area contributed by atoms with Gasteiger partial charge in [0.05, 0.1) is 23.8 Å². The summed E-state index contributed by atoms with van der Waals surface area (Å²) in [6, 6.07) is 5.48. The number of carbonyl (C=O) groups is 1. The molecule has 0 bridgehead atoms. The number of halogens is 1. The molecule has 1 aromatic heterocycles. The van der Waals surface area contributed by atoms with Crippen LogP contribution in [-0.2, 0) is 16.1 Å². The van der Waals surface area contributed by atoms with Gasteiger partial charge in [-0.3, -0.25) is 14.2 Å². The Bertz CT molecular complexity index is 815. The van der Waals surface area contributed by atoms with Crippen LogP contribution < -0.4 is 10.9 Å². The van der Waals surface area contributed by atoms with Gasteiger partial charge in [-0.1, -0.05) is 15.9 Å². The van der Waals surface area contributed by atoms with Crippen molar-refractivity contribution in [1.29, 1.82) is 0 Å². The van der Waals surface area contributed by atoms with Gasteiger partial charge in [0, 0.05) is 36.0 Å². The van der Waals surface area contributed by atoms with Crippen LogP contribution in [0.15, 0.2) is 33.8 Å². The first-order valence-corrected chi connectivity index (χ1v) is 9.35. The van der Waals surface area contributed by atoms with Gasteiger partial charge < -0.3 is 10.1 Å². The zero-order chi connectivity index (χ0) is 17.8. The number of nitrogens with zero attached hydrogens (tertiary/aromatic N) is 2. The molecule has 0 saturated carbocycles. The lowest BCUT2D eigenvalue weighted by molar-refractivity contribution is -0.122. The van der Waals surface area contributed by atoms with Crippen molar-refractivity contribution in [1.82, 2.24) is 14.9 Å². The summed E-state index contributed by atoms with van der Waals surface area (Å²) in [5.74, 6) is 0.305. The Morgan fingerprint density at radius 3 is 3.12 bits per heavy atom. The van der Waals surface area contributed by atoms with Gasteiger partial charge in [0.2, 0.25) is 5.91 Å². The molecule has 6 nitrogen and oxygen atoms in total. The summed E-state index contributed by atoms with van der Waals surface area (Å²) in [6.07, 6.45) is 3.87. The van der Waals surface area contributed by atoms with E-state index in [-0.39, 0.29) is 23.9 Å². The van der Waals surface area contributed by atoms with Gasteiger partial charge in [-0.2, -0.15) is 0 Å². The Kier molecular flexibility index (Phi) is 5.86. The van der Waals surface area contributed by atoms with Crippen LogP contribution in [0.25, 0.3) is 10.9 Å². The molecule has 3 rings (SSSR count). The average Bonchev–Trinajstić information content (AvgIpc) is 2.62. The Morgan fingerprint density at radius 1 is 1.52 bits per heavy atom. The zero-order valence-corrected chi connectivity index (χ0v) is 15.8. The summed E-state index contributed by atoms with van der Waals surface area (Å²) in [7, 11) is 0. The normalized spacial score (nSPS) is 18.9. The van der Waals surface area contributed by atoms with Crippen LogP contribution in [0, 0.1) is 5.92 Å². The third kappa shape index (κ3) is 4.46. The number of carbonyl (C=O) groups excluding carboxylic acids is 1. The highest BCUT2D eigenvalue weighted by Crippen LogP contribution is 2.17. The van der Waals surface area contributed by atoms with Gasteiger partial charge in [0.25, 0.3) is 5.56 Å². The fourth-order valence-electron chi connectivity index (χ4n) is 3.12. The molecule has 1 amide bonds. The number of hydrogen-bond acceptors (Lipinski definition) is 4. The number of aromatic nitrogens is 2. The van der Waals surface area contributed by atoms with Gasteiger partial charge >= 0.3 is 0 Å². The van der Waals surface area contributed by atoms with Crippen LogP contribution in [-0.4, -0.2) is 34.7 Å². The molecule has 1 aliphatic rings. The largest absolute Gasteiger partial charge is 0.381 e. The number of nitrogens with one attached hydrogen (secondary N) is 1. The Labute approximate surface area is 154 Å². The van der Waals surface area contributed by atoms with Crippen molar-refractivity contribution < 1.29 is 9.53 Å².